The molecule has 98 valence electrons. The zero-order valence-electron chi connectivity index (χ0n) is 10.1. The molecule has 0 aromatic heterocycles. The molecule has 2 nitrogen and oxygen atoms in total. The molecule has 0 spiro atoms. The zero-order chi connectivity index (χ0) is 13.7. The molecule has 0 saturated heterocycles. The number of rotatable bonds is 5. The van der Waals surface area contributed by atoms with E-state index in [4.69, 9.17) is 0 Å². The number of hydrogen-bond donors (Lipinski definition) is 0. The van der Waals surface area contributed by atoms with Crippen LogP contribution in [0.4, 0.5) is 8.78 Å². The maximum Gasteiger partial charge on any atom is 0.387 e. The maximum atomic E-state index is 12.1. The van der Waals surface area contributed by atoms with E-state index in [0.29, 0.717) is 11.1 Å². The fraction of sp³-hybridized carbons (Fsp3) is 0.133. The van der Waals surface area contributed by atoms with Crippen LogP contribution in [0.2, 0.25) is 0 Å². The van der Waals surface area contributed by atoms with Gasteiger partial charge in [-0.15, -0.1) is 0 Å². The van der Waals surface area contributed by atoms with Crippen LogP contribution in [0.1, 0.15) is 15.9 Å². The number of Topliss-reactive ketones (excluding diaryl/α,β-unsaturated/α-hetero) is 1. The summed E-state index contributed by atoms with van der Waals surface area (Å²) in [6.07, 6.45) is 0.157. The molecule has 0 heterocycles. The molecule has 0 bridgehead atoms. The van der Waals surface area contributed by atoms with E-state index >= 15 is 0 Å². The molecule has 0 aliphatic carbocycles. The standard InChI is InChI=1S/C15H12F2O2/c16-15(17)19-13-8-4-5-11(9-13)10-14(18)12-6-2-1-3-7-12/h1-9,15H,10H2. The Kier molecular flexibility index (Phi) is 4.23. The summed E-state index contributed by atoms with van der Waals surface area (Å²) in [5.74, 6) is 0.00292. The van der Waals surface area contributed by atoms with Crippen molar-refractivity contribution in [3.8, 4) is 5.75 Å². The smallest absolute Gasteiger partial charge is 0.387 e. The lowest BCUT2D eigenvalue weighted by molar-refractivity contribution is -0.0498. The molecule has 0 aliphatic rings. The normalized spacial score (nSPS) is 10.5. The number of hydrogen-bond acceptors (Lipinski definition) is 2. The van der Waals surface area contributed by atoms with Crippen LogP contribution in [0.5, 0.6) is 5.75 Å². The molecule has 0 fully saturated rings. The van der Waals surface area contributed by atoms with Gasteiger partial charge in [-0.25, -0.2) is 0 Å². The third-order valence-corrected chi connectivity index (χ3v) is 2.58. The predicted octanol–water partition coefficient (Wildman–Crippen LogP) is 3.71. The molecule has 0 atom stereocenters. The summed E-state index contributed by atoms with van der Waals surface area (Å²) in [6.45, 7) is -2.86. The summed E-state index contributed by atoms with van der Waals surface area (Å²) < 4.78 is 28.5. The minimum Gasteiger partial charge on any atom is -0.435 e. The predicted molar refractivity (Wildman–Crippen MR) is 67.6 cm³/mol. The SMILES string of the molecule is O=C(Cc1cccc(OC(F)F)c1)c1ccccc1. The van der Waals surface area contributed by atoms with Crippen molar-refractivity contribution in [1.82, 2.24) is 0 Å². The largest absolute Gasteiger partial charge is 0.435 e. The van der Waals surface area contributed by atoms with E-state index in [1.807, 2.05) is 6.07 Å². The lowest BCUT2D eigenvalue weighted by Crippen LogP contribution is -2.05. The molecule has 2 rings (SSSR count). The molecule has 19 heavy (non-hydrogen) atoms. The molecule has 0 amide bonds. The summed E-state index contributed by atoms with van der Waals surface area (Å²) in [6, 6.07) is 15.0. The van der Waals surface area contributed by atoms with Crippen molar-refractivity contribution in [2.45, 2.75) is 13.0 Å². The van der Waals surface area contributed by atoms with E-state index < -0.39 is 6.61 Å². The van der Waals surface area contributed by atoms with Gasteiger partial charge in [-0.1, -0.05) is 42.5 Å². The van der Waals surface area contributed by atoms with Crippen LogP contribution in [0.3, 0.4) is 0 Å². The Bertz CT molecular complexity index is 553. The van der Waals surface area contributed by atoms with Crippen LogP contribution >= 0.6 is 0 Å². The van der Waals surface area contributed by atoms with Gasteiger partial charge in [0.15, 0.2) is 5.78 Å². The van der Waals surface area contributed by atoms with E-state index in [1.54, 1.807) is 36.4 Å². The van der Waals surface area contributed by atoms with Gasteiger partial charge in [0.25, 0.3) is 0 Å². The third kappa shape index (κ3) is 3.88. The van der Waals surface area contributed by atoms with Gasteiger partial charge in [-0.3, -0.25) is 4.79 Å². The van der Waals surface area contributed by atoms with Crippen molar-refractivity contribution in [1.29, 1.82) is 0 Å². The number of carbonyl (C=O) groups excluding carboxylic acids is 1. The summed E-state index contributed by atoms with van der Waals surface area (Å²) >= 11 is 0. The van der Waals surface area contributed by atoms with Gasteiger partial charge in [0.05, 0.1) is 0 Å². The zero-order valence-corrected chi connectivity index (χ0v) is 10.1. The van der Waals surface area contributed by atoms with Crippen LogP contribution in [-0.4, -0.2) is 12.4 Å². The van der Waals surface area contributed by atoms with Crippen LogP contribution in [0, 0.1) is 0 Å². The Balaban J connectivity index is 2.09. The highest BCUT2D eigenvalue weighted by Gasteiger charge is 2.09. The second-order valence-electron chi connectivity index (χ2n) is 3.99. The molecule has 2 aromatic carbocycles. The van der Waals surface area contributed by atoms with Gasteiger partial charge in [0.1, 0.15) is 5.75 Å². The van der Waals surface area contributed by atoms with Gasteiger partial charge in [0.2, 0.25) is 0 Å². The molecule has 0 aliphatic heterocycles. The van der Waals surface area contributed by atoms with E-state index in [9.17, 15) is 13.6 Å². The van der Waals surface area contributed by atoms with Crippen LogP contribution in [-0.2, 0) is 6.42 Å². The van der Waals surface area contributed by atoms with Crippen LogP contribution < -0.4 is 4.74 Å². The van der Waals surface area contributed by atoms with Crippen molar-refractivity contribution in [2.24, 2.45) is 0 Å². The van der Waals surface area contributed by atoms with E-state index in [2.05, 4.69) is 4.74 Å². The van der Waals surface area contributed by atoms with Gasteiger partial charge >= 0.3 is 6.61 Å². The average Bonchev–Trinajstić information content (AvgIpc) is 2.39. The third-order valence-electron chi connectivity index (χ3n) is 2.58. The first-order valence-corrected chi connectivity index (χ1v) is 5.77. The molecule has 2 aromatic rings. The lowest BCUT2D eigenvalue weighted by atomic mass is 10.0. The second kappa shape index (κ2) is 6.09. The van der Waals surface area contributed by atoms with Crippen LogP contribution in [0.25, 0.3) is 0 Å². The summed E-state index contributed by atoms with van der Waals surface area (Å²) in [7, 11) is 0. The van der Waals surface area contributed by atoms with Gasteiger partial charge in [0, 0.05) is 12.0 Å². The summed E-state index contributed by atoms with van der Waals surface area (Å²) in [5.41, 5.74) is 1.25. The first-order valence-electron chi connectivity index (χ1n) is 5.77. The number of carbonyl (C=O) groups is 1. The highest BCUT2D eigenvalue weighted by molar-refractivity contribution is 5.97. The van der Waals surface area contributed by atoms with E-state index in [1.165, 1.54) is 12.1 Å². The first-order chi connectivity index (χ1) is 9.15. The number of ketones is 1. The number of ether oxygens (including phenoxy) is 1. The average molecular weight is 262 g/mol. The quantitative estimate of drug-likeness (QED) is 0.768. The van der Waals surface area contributed by atoms with Gasteiger partial charge < -0.3 is 4.74 Å². The van der Waals surface area contributed by atoms with Crippen molar-refractivity contribution in [3.05, 3.63) is 65.7 Å². The first kappa shape index (κ1) is 13.2. The Morgan fingerprint density at radius 3 is 2.47 bits per heavy atom. The van der Waals surface area contributed by atoms with Crippen molar-refractivity contribution in [2.75, 3.05) is 0 Å². The Labute approximate surface area is 109 Å². The second-order valence-corrected chi connectivity index (χ2v) is 3.99. The Morgan fingerprint density at radius 2 is 1.79 bits per heavy atom. The minimum atomic E-state index is -2.86. The summed E-state index contributed by atoms with van der Waals surface area (Å²) in [4.78, 5) is 12.0. The monoisotopic (exact) mass is 262 g/mol. The highest BCUT2D eigenvalue weighted by Crippen LogP contribution is 2.17. The minimum absolute atomic E-state index is 0.0604. The van der Waals surface area contributed by atoms with Crippen LogP contribution in [0.15, 0.2) is 54.6 Å². The summed E-state index contributed by atoms with van der Waals surface area (Å²) in [5, 5.41) is 0. The number of alkyl halides is 2. The van der Waals surface area contributed by atoms with Crippen molar-refractivity contribution in [3.63, 3.8) is 0 Å². The van der Waals surface area contributed by atoms with E-state index in [-0.39, 0.29) is 18.0 Å². The van der Waals surface area contributed by atoms with Crippen molar-refractivity contribution >= 4 is 5.78 Å². The number of halogens is 2. The molecule has 0 saturated carbocycles. The highest BCUT2D eigenvalue weighted by atomic mass is 19.3. The van der Waals surface area contributed by atoms with Gasteiger partial charge in [-0.2, -0.15) is 8.78 Å². The topological polar surface area (TPSA) is 26.3 Å². The van der Waals surface area contributed by atoms with E-state index in [0.717, 1.165) is 0 Å². The van der Waals surface area contributed by atoms with Gasteiger partial charge in [-0.05, 0) is 17.7 Å². The molecular weight excluding hydrogens is 250 g/mol. The van der Waals surface area contributed by atoms with Crippen molar-refractivity contribution < 1.29 is 18.3 Å². The number of benzene rings is 2. The Hall–Kier alpha value is -2.23. The maximum absolute atomic E-state index is 12.1. The molecule has 4 heteroatoms. The molecule has 0 N–H and O–H groups in total. The molecule has 0 radical (unpaired) electrons. The Morgan fingerprint density at radius 1 is 1.05 bits per heavy atom. The lowest BCUT2D eigenvalue weighted by Gasteiger charge is -2.06. The fourth-order valence-electron chi connectivity index (χ4n) is 1.74. The molecule has 0 unspecified atom stereocenters. The fourth-order valence-corrected chi connectivity index (χ4v) is 1.74. The molecular formula is C15H12F2O2.